The smallest absolute Gasteiger partial charge is 0.176 e. The van der Waals surface area contributed by atoms with Crippen LogP contribution in [-0.4, -0.2) is 24.6 Å². The minimum atomic E-state index is -3.30. The van der Waals surface area contributed by atoms with Crippen molar-refractivity contribution in [3.8, 4) is 22.5 Å². The normalized spacial score (nSPS) is 11.5. The first-order chi connectivity index (χ1) is 10.5. The molecule has 22 heavy (non-hydrogen) atoms. The lowest BCUT2D eigenvalue weighted by Gasteiger charge is -2.09. The van der Waals surface area contributed by atoms with Crippen LogP contribution in [-0.2, 0) is 9.84 Å². The average Bonchev–Trinajstić information content (AvgIpc) is 2.96. The van der Waals surface area contributed by atoms with Gasteiger partial charge in [-0.25, -0.2) is 8.42 Å². The van der Waals surface area contributed by atoms with Gasteiger partial charge in [0, 0.05) is 29.8 Å². The zero-order chi connectivity index (χ0) is 15.7. The zero-order valence-corrected chi connectivity index (χ0v) is 13.2. The maximum atomic E-state index is 12.0. The summed E-state index contributed by atoms with van der Waals surface area (Å²) in [4.78, 5) is 7.90. The van der Waals surface area contributed by atoms with Gasteiger partial charge >= 0.3 is 0 Å². The molecule has 5 heteroatoms. The van der Waals surface area contributed by atoms with Crippen LogP contribution in [0.5, 0.6) is 0 Å². The highest BCUT2D eigenvalue weighted by Gasteiger charge is 2.17. The molecule has 0 saturated heterocycles. The van der Waals surface area contributed by atoms with Gasteiger partial charge in [-0.3, -0.25) is 4.98 Å². The molecule has 2 aromatic heterocycles. The maximum absolute atomic E-state index is 12.0. The number of aryl methyl sites for hydroxylation is 1. The summed E-state index contributed by atoms with van der Waals surface area (Å²) in [7, 11) is -3.30. The molecule has 0 fully saturated rings. The van der Waals surface area contributed by atoms with Crippen molar-refractivity contribution in [1.29, 1.82) is 0 Å². The third kappa shape index (κ3) is 2.67. The summed E-state index contributed by atoms with van der Waals surface area (Å²) in [5.41, 5.74) is 4.19. The molecule has 0 aliphatic carbocycles. The lowest BCUT2D eigenvalue weighted by molar-refractivity contribution is 0.602. The number of rotatable bonds is 3. The molecule has 0 aliphatic rings. The third-order valence-electron chi connectivity index (χ3n) is 3.49. The van der Waals surface area contributed by atoms with Gasteiger partial charge in [0.05, 0.1) is 16.3 Å². The van der Waals surface area contributed by atoms with Crippen LogP contribution in [0.4, 0.5) is 0 Å². The van der Waals surface area contributed by atoms with Crippen LogP contribution in [0.25, 0.3) is 22.5 Å². The zero-order valence-electron chi connectivity index (χ0n) is 12.4. The number of sulfone groups is 1. The quantitative estimate of drug-likeness (QED) is 0.805. The molecule has 0 amide bonds. The summed E-state index contributed by atoms with van der Waals surface area (Å²) >= 11 is 0. The molecule has 0 bridgehead atoms. The number of H-pyrrole nitrogens is 1. The van der Waals surface area contributed by atoms with Crippen molar-refractivity contribution in [3.05, 3.63) is 60.4 Å². The molecule has 0 aliphatic heterocycles. The van der Waals surface area contributed by atoms with E-state index in [1.807, 2.05) is 37.3 Å². The Hall–Kier alpha value is -2.40. The van der Waals surface area contributed by atoms with E-state index in [1.54, 1.807) is 24.5 Å². The molecule has 3 aromatic rings. The number of pyridine rings is 1. The first kappa shape index (κ1) is 14.5. The van der Waals surface area contributed by atoms with Crippen LogP contribution in [0.1, 0.15) is 5.56 Å². The number of aromatic amines is 1. The SMILES string of the molecule is Cc1ccc(-c2[nH]ccc2-c2ccccc2S(C)(=O)=O)nc1. The Morgan fingerprint density at radius 3 is 2.45 bits per heavy atom. The van der Waals surface area contributed by atoms with Crippen molar-refractivity contribution >= 4 is 9.84 Å². The summed E-state index contributed by atoms with van der Waals surface area (Å²) in [6, 6.07) is 12.8. The minimum absolute atomic E-state index is 0.322. The van der Waals surface area contributed by atoms with Crippen molar-refractivity contribution < 1.29 is 8.42 Å². The molecule has 1 N–H and O–H groups in total. The van der Waals surface area contributed by atoms with E-state index in [4.69, 9.17) is 0 Å². The van der Waals surface area contributed by atoms with Gasteiger partial charge in [0.2, 0.25) is 0 Å². The Balaban J connectivity index is 2.20. The van der Waals surface area contributed by atoms with Gasteiger partial charge in [-0.05, 0) is 30.7 Å². The fourth-order valence-corrected chi connectivity index (χ4v) is 3.34. The molecule has 112 valence electrons. The highest BCUT2D eigenvalue weighted by atomic mass is 32.2. The summed E-state index contributed by atoms with van der Waals surface area (Å²) in [5.74, 6) is 0. The van der Waals surface area contributed by atoms with Crippen molar-refractivity contribution in [2.75, 3.05) is 6.26 Å². The summed E-state index contributed by atoms with van der Waals surface area (Å²) in [6.45, 7) is 1.98. The monoisotopic (exact) mass is 312 g/mol. The Labute approximate surface area is 129 Å². The van der Waals surface area contributed by atoms with E-state index >= 15 is 0 Å². The molecule has 0 atom stereocenters. The average molecular weight is 312 g/mol. The second-order valence-electron chi connectivity index (χ2n) is 5.26. The fraction of sp³-hybridized carbons (Fsp3) is 0.118. The van der Waals surface area contributed by atoms with Crippen molar-refractivity contribution in [2.24, 2.45) is 0 Å². The number of hydrogen-bond acceptors (Lipinski definition) is 3. The lowest BCUT2D eigenvalue weighted by atomic mass is 10.0. The van der Waals surface area contributed by atoms with Crippen molar-refractivity contribution in [2.45, 2.75) is 11.8 Å². The van der Waals surface area contributed by atoms with Gasteiger partial charge in [0.1, 0.15) is 0 Å². The second-order valence-corrected chi connectivity index (χ2v) is 7.24. The maximum Gasteiger partial charge on any atom is 0.176 e. The number of nitrogens with zero attached hydrogens (tertiary/aromatic N) is 1. The number of hydrogen-bond donors (Lipinski definition) is 1. The Bertz CT molecular complexity index is 910. The molecule has 1 aromatic carbocycles. The van der Waals surface area contributed by atoms with Crippen molar-refractivity contribution in [3.63, 3.8) is 0 Å². The number of nitrogens with one attached hydrogen (secondary N) is 1. The van der Waals surface area contributed by atoms with E-state index in [-0.39, 0.29) is 0 Å². The van der Waals surface area contributed by atoms with Gasteiger partial charge in [-0.1, -0.05) is 24.3 Å². The number of aromatic nitrogens is 2. The van der Waals surface area contributed by atoms with Crippen LogP contribution < -0.4 is 0 Å². The number of benzene rings is 1. The molecule has 3 rings (SSSR count). The molecular weight excluding hydrogens is 296 g/mol. The largest absolute Gasteiger partial charge is 0.359 e. The Morgan fingerprint density at radius 2 is 1.77 bits per heavy atom. The van der Waals surface area contributed by atoms with Gasteiger partial charge in [-0.15, -0.1) is 0 Å². The molecule has 0 radical (unpaired) electrons. The molecule has 4 nitrogen and oxygen atoms in total. The predicted molar refractivity (Wildman–Crippen MR) is 87.3 cm³/mol. The van der Waals surface area contributed by atoms with Crippen LogP contribution in [0.15, 0.2) is 59.8 Å². The van der Waals surface area contributed by atoms with Gasteiger partial charge in [-0.2, -0.15) is 0 Å². The minimum Gasteiger partial charge on any atom is -0.359 e. The lowest BCUT2D eigenvalue weighted by Crippen LogP contribution is -2.00. The van der Waals surface area contributed by atoms with E-state index in [0.29, 0.717) is 10.5 Å². The van der Waals surface area contributed by atoms with Gasteiger partial charge in [0.15, 0.2) is 9.84 Å². The molecule has 0 unspecified atom stereocenters. The van der Waals surface area contributed by atoms with E-state index in [2.05, 4.69) is 9.97 Å². The van der Waals surface area contributed by atoms with Gasteiger partial charge in [0.25, 0.3) is 0 Å². The van der Waals surface area contributed by atoms with E-state index < -0.39 is 9.84 Å². The molecule has 2 heterocycles. The summed E-state index contributed by atoms with van der Waals surface area (Å²) in [6.07, 6.45) is 4.82. The fourth-order valence-electron chi connectivity index (χ4n) is 2.43. The highest BCUT2D eigenvalue weighted by molar-refractivity contribution is 7.90. The standard InChI is InChI=1S/C17H16N2O2S/c1-12-7-8-15(19-11-12)17-14(9-10-18-17)13-5-3-4-6-16(13)22(2,20)21/h3-11,18H,1-2H3. The van der Waals surface area contributed by atoms with E-state index in [9.17, 15) is 8.42 Å². The van der Waals surface area contributed by atoms with Crippen LogP contribution in [0.2, 0.25) is 0 Å². The summed E-state index contributed by atoms with van der Waals surface area (Å²) in [5, 5.41) is 0. The molecule has 0 spiro atoms. The highest BCUT2D eigenvalue weighted by Crippen LogP contribution is 2.34. The van der Waals surface area contributed by atoms with Crippen molar-refractivity contribution in [1.82, 2.24) is 9.97 Å². The first-order valence-corrected chi connectivity index (χ1v) is 8.76. The van der Waals surface area contributed by atoms with E-state index in [0.717, 1.165) is 22.5 Å². The van der Waals surface area contributed by atoms with Crippen LogP contribution >= 0.6 is 0 Å². The van der Waals surface area contributed by atoms with Crippen LogP contribution in [0, 0.1) is 6.92 Å². The van der Waals surface area contributed by atoms with Gasteiger partial charge < -0.3 is 4.98 Å². The van der Waals surface area contributed by atoms with E-state index in [1.165, 1.54) is 6.26 Å². The molecular formula is C17H16N2O2S. The topological polar surface area (TPSA) is 62.8 Å². The summed E-state index contributed by atoms with van der Waals surface area (Å²) < 4.78 is 24.0. The first-order valence-electron chi connectivity index (χ1n) is 6.86. The Morgan fingerprint density at radius 1 is 1.00 bits per heavy atom. The predicted octanol–water partition coefficient (Wildman–Crippen LogP) is 3.46. The third-order valence-corrected chi connectivity index (χ3v) is 4.65. The van der Waals surface area contributed by atoms with Crippen LogP contribution in [0.3, 0.4) is 0 Å². The molecule has 0 saturated carbocycles. The Kier molecular flexibility index (Phi) is 3.58. The second kappa shape index (κ2) is 5.42.